The number of rotatable bonds is 9. The Morgan fingerprint density at radius 1 is 0.933 bits per heavy atom. The Labute approximate surface area is 181 Å². The number of carbonyl (C=O) groups excluding carboxylic acids is 2. The fraction of sp³-hybridized carbons (Fsp3) is 0.462. The lowest BCUT2D eigenvalue weighted by Crippen LogP contribution is -2.50. The van der Waals surface area contributed by atoms with Crippen molar-refractivity contribution in [1.29, 1.82) is 0 Å². The number of aryl methyl sites for hydroxylation is 3. The Morgan fingerprint density at radius 2 is 1.57 bits per heavy atom. The molecule has 1 atom stereocenters. The summed E-state index contributed by atoms with van der Waals surface area (Å²) in [5.74, 6) is 0.267. The van der Waals surface area contributed by atoms with E-state index in [0.717, 1.165) is 27.8 Å². The second-order valence-electron chi connectivity index (χ2n) is 8.75. The van der Waals surface area contributed by atoms with Crippen LogP contribution in [0, 0.1) is 26.7 Å². The average molecular weight is 409 g/mol. The summed E-state index contributed by atoms with van der Waals surface area (Å²) in [6.07, 6.45) is 0.872. The first-order valence-corrected chi connectivity index (χ1v) is 10.9. The van der Waals surface area contributed by atoms with Gasteiger partial charge >= 0.3 is 0 Å². The summed E-state index contributed by atoms with van der Waals surface area (Å²) in [6, 6.07) is 13.9. The molecule has 0 heterocycles. The predicted octanol–water partition coefficient (Wildman–Crippen LogP) is 4.73. The maximum Gasteiger partial charge on any atom is 0.242 e. The zero-order chi connectivity index (χ0) is 22.3. The second kappa shape index (κ2) is 11.0. The second-order valence-corrected chi connectivity index (χ2v) is 8.75. The molecule has 0 spiro atoms. The fourth-order valence-corrected chi connectivity index (χ4v) is 3.80. The first-order chi connectivity index (χ1) is 14.2. The van der Waals surface area contributed by atoms with E-state index in [2.05, 4.69) is 43.4 Å². The average Bonchev–Trinajstić information content (AvgIpc) is 2.65. The molecule has 0 bridgehead atoms. The Hall–Kier alpha value is -2.62. The van der Waals surface area contributed by atoms with Crippen molar-refractivity contribution in [3.63, 3.8) is 0 Å². The normalized spacial score (nSPS) is 12.0. The first kappa shape index (κ1) is 23.7. The van der Waals surface area contributed by atoms with Crippen molar-refractivity contribution in [3.05, 3.63) is 70.3 Å². The van der Waals surface area contributed by atoms with Crippen LogP contribution < -0.4 is 5.32 Å². The van der Waals surface area contributed by atoms with Crippen molar-refractivity contribution in [3.8, 4) is 0 Å². The number of carbonyl (C=O) groups is 2. The van der Waals surface area contributed by atoms with Crippen LogP contribution in [0.3, 0.4) is 0 Å². The predicted molar refractivity (Wildman–Crippen MR) is 123 cm³/mol. The molecule has 0 unspecified atom stereocenters. The minimum Gasteiger partial charge on any atom is -0.354 e. The van der Waals surface area contributed by atoms with E-state index in [-0.39, 0.29) is 11.8 Å². The van der Waals surface area contributed by atoms with Crippen LogP contribution in [-0.4, -0.2) is 29.3 Å². The number of nitrogens with zero attached hydrogens (tertiary/aromatic N) is 1. The van der Waals surface area contributed by atoms with Crippen molar-refractivity contribution >= 4 is 11.8 Å². The van der Waals surface area contributed by atoms with E-state index >= 15 is 0 Å². The standard InChI is InChI=1S/C26H36N2O2/c1-7-24(26(30)27-16-18(2)3)28(17-22-10-8-9-19(4)12-22)25(29)15-23-13-20(5)11-21(6)14-23/h8-14,18,24H,7,15-17H2,1-6H3,(H,27,30)/t24-/m0/s1. The van der Waals surface area contributed by atoms with E-state index in [1.807, 2.05) is 45.9 Å². The van der Waals surface area contributed by atoms with Crippen LogP contribution in [-0.2, 0) is 22.6 Å². The van der Waals surface area contributed by atoms with Crippen molar-refractivity contribution < 1.29 is 9.59 Å². The lowest BCUT2D eigenvalue weighted by atomic mass is 10.0. The zero-order valence-electron chi connectivity index (χ0n) is 19.3. The molecule has 0 saturated heterocycles. The number of hydrogen-bond donors (Lipinski definition) is 1. The minimum absolute atomic E-state index is 0.0203. The number of amides is 2. The zero-order valence-corrected chi connectivity index (χ0v) is 19.3. The highest BCUT2D eigenvalue weighted by atomic mass is 16.2. The van der Waals surface area contributed by atoms with Crippen LogP contribution in [0.4, 0.5) is 0 Å². The molecule has 2 aromatic rings. The van der Waals surface area contributed by atoms with Crippen molar-refractivity contribution in [2.45, 2.75) is 67.0 Å². The molecule has 0 radical (unpaired) electrons. The molecule has 0 aliphatic carbocycles. The van der Waals surface area contributed by atoms with Gasteiger partial charge in [-0.3, -0.25) is 9.59 Å². The van der Waals surface area contributed by atoms with Crippen molar-refractivity contribution in [2.75, 3.05) is 6.54 Å². The van der Waals surface area contributed by atoms with Crippen LogP contribution in [0.15, 0.2) is 42.5 Å². The van der Waals surface area contributed by atoms with Crippen molar-refractivity contribution in [1.82, 2.24) is 10.2 Å². The molecule has 162 valence electrons. The minimum atomic E-state index is -0.484. The van der Waals surface area contributed by atoms with Gasteiger partial charge in [-0.05, 0) is 44.2 Å². The van der Waals surface area contributed by atoms with Gasteiger partial charge in [0.15, 0.2) is 0 Å². The fourth-order valence-electron chi connectivity index (χ4n) is 3.80. The van der Waals surface area contributed by atoms with Crippen LogP contribution in [0.1, 0.15) is 55.0 Å². The highest BCUT2D eigenvalue weighted by Gasteiger charge is 2.28. The van der Waals surface area contributed by atoms with E-state index in [0.29, 0.717) is 31.8 Å². The Morgan fingerprint density at radius 3 is 2.13 bits per heavy atom. The lowest BCUT2D eigenvalue weighted by molar-refractivity contribution is -0.141. The number of hydrogen-bond acceptors (Lipinski definition) is 2. The topological polar surface area (TPSA) is 49.4 Å². The van der Waals surface area contributed by atoms with Crippen LogP contribution in [0.2, 0.25) is 0 Å². The quantitative estimate of drug-likeness (QED) is 0.652. The van der Waals surface area contributed by atoms with Gasteiger partial charge in [0.1, 0.15) is 6.04 Å². The molecule has 0 saturated carbocycles. The largest absolute Gasteiger partial charge is 0.354 e. The van der Waals surface area contributed by atoms with Gasteiger partial charge in [0, 0.05) is 13.1 Å². The molecule has 30 heavy (non-hydrogen) atoms. The first-order valence-electron chi connectivity index (χ1n) is 10.9. The van der Waals surface area contributed by atoms with E-state index in [9.17, 15) is 9.59 Å². The highest BCUT2D eigenvalue weighted by Crippen LogP contribution is 2.17. The summed E-state index contributed by atoms with van der Waals surface area (Å²) < 4.78 is 0. The number of nitrogens with one attached hydrogen (secondary N) is 1. The smallest absolute Gasteiger partial charge is 0.242 e. The molecular formula is C26H36N2O2. The maximum atomic E-state index is 13.4. The Balaban J connectivity index is 2.30. The van der Waals surface area contributed by atoms with E-state index in [4.69, 9.17) is 0 Å². The van der Waals surface area contributed by atoms with Crippen LogP contribution in [0.25, 0.3) is 0 Å². The van der Waals surface area contributed by atoms with Gasteiger partial charge < -0.3 is 10.2 Å². The van der Waals surface area contributed by atoms with Gasteiger partial charge in [0.25, 0.3) is 0 Å². The summed E-state index contributed by atoms with van der Waals surface area (Å²) in [7, 11) is 0. The maximum absolute atomic E-state index is 13.4. The van der Waals surface area contributed by atoms with Gasteiger partial charge in [-0.2, -0.15) is 0 Å². The molecule has 1 N–H and O–H groups in total. The summed E-state index contributed by atoms with van der Waals surface area (Å²) in [5, 5.41) is 3.01. The van der Waals surface area contributed by atoms with E-state index < -0.39 is 6.04 Å². The third-order valence-electron chi connectivity index (χ3n) is 5.14. The third-order valence-corrected chi connectivity index (χ3v) is 5.14. The summed E-state index contributed by atoms with van der Waals surface area (Å²) >= 11 is 0. The van der Waals surface area contributed by atoms with Gasteiger partial charge in [0.05, 0.1) is 6.42 Å². The Kier molecular flexibility index (Phi) is 8.64. The monoisotopic (exact) mass is 408 g/mol. The summed E-state index contributed by atoms with van der Waals surface area (Å²) in [5.41, 5.74) is 5.46. The molecule has 2 rings (SSSR count). The molecule has 0 aromatic heterocycles. The molecule has 0 aliphatic rings. The van der Waals surface area contributed by atoms with Crippen LogP contribution >= 0.6 is 0 Å². The molecule has 0 fully saturated rings. The SMILES string of the molecule is CC[C@@H](C(=O)NCC(C)C)N(Cc1cccc(C)c1)C(=O)Cc1cc(C)cc(C)c1. The van der Waals surface area contributed by atoms with Gasteiger partial charge in [-0.25, -0.2) is 0 Å². The number of benzene rings is 2. The Bertz CT molecular complexity index is 853. The molecule has 2 aromatic carbocycles. The van der Waals surface area contributed by atoms with Gasteiger partial charge in [-0.1, -0.05) is 79.9 Å². The highest BCUT2D eigenvalue weighted by molar-refractivity contribution is 5.88. The summed E-state index contributed by atoms with van der Waals surface area (Å²) in [6.45, 7) is 13.3. The molecule has 4 heteroatoms. The lowest BCUT2D eigenvalue weighted by Gasteiger charge is -2.31. The summed E-state index contributed by atoms with van der Waals surface area (Å²) in [4.78, 5) is 28.1. The molecule has 0 aliphatic heterocycles. The molecular weight excluding hydrogens is 372 g/mol. The molecule has 4 nitrogen and oxygen atoms in total. The van der Waals surface area contributed by atoms with E-state index in [1.165, 1.54) is 0 Å². The molecule has 2 amide bonds. The van der Waals surface area contributed by atoms with E-state index in [1.54, 1.807) is 4.90 Å². The van der Waals surface area contributed by atoms with Crippen molar-refractivity contribution in [2.24, 2.45) is 5.92 Å². The van der Waals surface area contributed by atoms with Gasteiger partial charge in [0.2, 0.25) is 11.8 Å². The van der Waals surface area contributed by atoms with Crippen LogP contribution in [0.5, 0.6) is 0 Å². The third kappa shape index (κ3) is 7.01. The van der Waals surface area contributed by atoms with Gasteiger partial charge in [-0.15, -0.1) is 0 Å².